The van der Waals surface area contributed by atoms with Gasteiger partial charge in [0.25, 0.3) is 11.4 Å². The normalized spacial score (nSPS) is 17.7. The van der Waals surface area contributed by atoms with Crippen LogP contribution in [0.5, 0.6) is 0 Å². The summed E-state index contributed by atoms with van der Waals surface area (Å²) in [6.07, 6.45) is 1.76. The number of rotatable bonds is 5. The van der Waals surface area contributed by atoms with Crippen LogP contribution in [0.1, 0.15) is 33.6 Å². The number of hydrogen-bond acceptors (Lipinski definition) is 6. The number of nitrogens with one attached hydrogen (secondary N) is 1. The summed E-state index contributed by atoms with van der Waals surface area (Å²) in [6.45, 7) is 7.24. The van der Waals surface area contributed by atoms with E-state index in [0.29, 0.717) is 25.3 Å². The Labute approximate surface area is 151 Å². The minimum atomic E-state index is -0.641. The van der Waals surface area contributed by atoms with Crippen LogP contribution < -0.4 is 10.2 Å². The van der Waals surface area contributed by atoms with Gasteiger partial charge in [-0.25, -0.2) is 0 Å². The van der Waals surface area contributed by atoms with Gasteiger partial charge in [0, 0.05) is 31.1 Å². The van der Waals surface area contributed by atoms with Gasteiger partial charge in [0.05, 0.1) is 15.9 Å². The van der Waals surface area contributed by atoms with Gasteiger partial charge in [0.2, 0.25) is 5.91 Å². The lowest BCUT2D eigenvalue weighted by Gasteiger charge is -2.34. The van der Waals surface area contributed by atoms with Crippen molar-refractivity contribution < 1.29 is 14.6 Å². The fourth-order valence-corrected chi connectivity index (χ4v) is 2.99. The van der Waals surface area contributed by atoms with E-state index < -0.39 is 15.3 Å². The zero-order chi connectivity index (χ0) is 19.5. The third-order valence-electron chi connectivity index (χ3n) is 4.46. The zero-order valence-corrected chi connectivity index (χ0v) is 15.2. The van der Waals surface area contributed by atoms with Crippen molar-refractivity contribution in [2.45, 2.75) is 33.6 Å². The first-order valence-corrected chi connectivity index (χ1v) is 8.55. The van der Waals surface area contributed by atoms with Crippen LogP contribution in [-0.4, -0.2) is 35.4 Å². The molecule has 1 amide bonds. The van der Waals surface area contributed by atoms with E-state index in [1.54, 1.807) is 0 Å². The molecular weight excluding hydrogens is 340 g/mol. The zero-order valence-electron chi connectivity index (χ0n) is 15.2. The van der Waals surface area contributed by atoms with E-state index in [4.69, 9.17) is 0 Å². The van der Waals surface area contributed by atoms with Crippen molar-refractivity contribution in [1.82, 2.24) is 5.32 Å². The van der Waals surface area contributed by atoms with Crippen LogP contribution >= 0.6 is 0 Å². The maximum absolute atomic E-state index is 12.0. The number of anilines is 1. The Morgan fingerprint density at radius 2 is 1.96 bits per heavy atom. The van der Waals surface area contributed by atoms with Gasteiger partial charge in [-0.2, -0.15) is 0 Å². The Bertz CT molecular complexity index is 714. The van der Waals surface area contributed by atoms with Crippen LogP contribution in [0.15, 0.2) is 18.2 Å². The predicted octanol–water partition coefficient (Wildman–Crippen LogP) is 2.88. The molecule has 1 atom stereocenters. The summed E-state index contributed by atoms with van der Waals surface area (Å²) in [5.74, 6) is 0.140. The molecule has 1 heterocycles. The molecule has 0 aromatic heterocycles. The van der Waals surface area contributed by atoms with Gasteiger partial charge < -0.3 is 10.2 Å². The third-order valence-corrected chi connectivity index (χ3v) is 4.46. The highest BCUT2D eigenvalue weighted by atomic mass is 16.6. The van der Waals surface area contributed by atoms with E-state index in [9.17, 15) is 25.0 Å². The van der Waals surface area contributed by atoms with Crippen molar-refractivity contribution in [3.8, 4) is 0 Å². The molecule has 1 aromatic carbocycles. The number of carbonyl (C=O) groups excluding carboxylic acids is 1. The van der Waals surface area contributed by atoms with Crippen LogP contribution in [-0.2, 0) is 4.79 Å². The van der Waals surface area contributed by atoms with Crippen molar-refractivity contribution >= 4 is 23.0 Å². The maximum Gasteiger partial charge on any atom is 0.299 e. The Morgan fingerprint density at radius 1 is 1.27 bits per heavy atom. The fourth-order valence-electron chi connectivity index (χ4n) is 2.99. The van der Waals surface area contributed by atoms with Crippen molar-refractivity contribution in [2.75, 3.05) is 24.5 Å². The van der Waals surface area contributed by atoms with Gasteiger partial charge in [-0.15, -0.1) is 0 Å². The second-order valence-corrected chi connectivity index (χ2v) is 7.60. The number of amides is 1. The van der Waals surface area contributed by atoms with Crippen molar-refractivity contribution in [3.63, 3.8) is 0 Å². The molecule has 1 aromatic rings. The van der Waals surface area contributed by atoms with E-state index in [2.05, 4.69) is 5.32 Å². The number of nitro groups is 2. The second-order valence-electron chi connectivity index (χ2n) is 7.60. The number of piperidine rings is 1. The molecule has 0 bridgehead atoms. The molecule has 1 N–H and O–H groups in total. The predicted molar refractivity (Wildman–Crippen MR) is 97.2 cm³/mol. The Morgan fingerprint density at radius 3 is 2.54 bits per heavy atom. The van der Waals surface area contributed by atoms with E-state index in [0.717, 1.165) is 18.9 Å². The molecule has 0 saturated carbocycles. The average molecular weight is 364 g/mol. The lowest BCUT2D eigenvalue weighted by atomic mass is 9.93. The monoisotopic (exact) mass is 364 g/mol. The van der Waals surface area contributed by atoms with Crippen LogP contribution in [0.3, 0.4) is 0 Å². The molecule has 142 valence electrons. The fraction of sp³-hybridized carbons (Fsp3) is 0.588. The van der Waals surface area contributed by atoms with E-state index in [1.165, 1.54) is 12.1 Å². The molecule has 1 aliphatic heterocycles. The molecule has 1 unspecified atom stereocenters. The molecule has 0 spiro atoms. The van der Waals surface area contributed by atoms with Crippen LogP contribution in [0.4, 0.5) is 17.1 Å². The lowest BCUT2D eigenvalue weighted by Crippen LogP contribution is -2.43. The summed E-state index contributed by atoms with van der Waals surface area (Å²) in [4.78, 5) is 34.9. The van der Waals surface area contributed by atoms with Gasteiger partial charge in [0.1, 0.15) is 5.69 Å². The highest BCUT2D eigenvalue weighted by molar-refractivity contribution is 5.81. The second kappa shape index (κ2) is 7.67. The van der Waals surface area contributed by atoms with E-state index >= 15 is 0 Å². The molecule has 0 aliphatic carbocycles. The first-order valence-electron chi connectivity index (χ1n) is 8.55. The molecule has 1 aliphatic rings. The summed E-state index contributed by atoms with van der Waals surface area (Å²) in [5.41, 5.74) is -0.650. The topological polar surface area (TPSA) is 119 Å². The van der Waals surface area contributed by atoms with Crippen LogP contribution in [0, 0.1) is 31.6 Å². The molecule has 0 radical (unpaired) electrons. The van der Waals surface area contributed by atoms with Gasteiger partial charge in [-0.3, -0.25) is 25.0 Å². The summed E-state index contributed by atoms with van der Waals surface area (Å²) >= 11 is 0. The number of benzene rings is 1. The maximum atomic E-state index is 12.0. The van der Waals surface area contributed by atoms with Gasteiger partial charge in [-0.1, -0.05) is 20.8 Å². The first-order chi connectivity index (χ1) is 12.1. The van der Waals surface area contributed by atoms with Gasteiger partial charge in [0.15, 0.2) is 0 Å². The minimum Gasteiger partial charge on any atom is -0.366 e. The van der Waals surface area contributed by atoms with E-state index in [1.807, 2.05) is 25.7 Å². The SMILES string of the molecule is CC(C)(C)C(=O)NCC1CCCN(c2ccc([N+](=O)[O-])cc2[N+](=O)[O-])C1. The number of carbonyl (C=O) groups is 1. The number of hydrogen-bond donors (Lipinski definition) is 1. The number of nitro benzene ring substituents is 2. The summed E-state index contributed by atoms with van der Waals surface area (Å²) in [5, 5.41) is 25.2. The third kappa shape index (κ3) is 4.68. The number of nitrogens with zero attached hydrogens (tertiary/aromatic N) is 3. The summed E-state index contributed by atoms with van der Waals surface area (Å²) < 4.78 is 0. The average Bonchev–Trinajstić information content (AvgIpc) is 2.58. The highest BCUT2D eigenvalue weighted by Gasteiger charge is 2.28. The molecule has 1 fully saturated rings. The molecule has 26 heavy (non-hydrogen) atoms. The Hall–Kier alpha value is -2.71. The molecule has 9 heteroatoms. The van der Waals surface area contributed by atoms with Crippen molar-refractivity contribution in [2.24, 2.45) is 11.3 Å². The van der Waals surface area contributed by atoms with Crippen molar-refractivity contribution in [1.29, 1.82) is 0 Å². The summed E-state index contributed by atoms with van der Waals surface area (Å²) in [7, 11) is 0. The van der Waals surface area contributed by atoms with Crippen molar-refractivity contribution in [3.05, 3.63) is 38.4 Å². The first kappa shape index (κ1) is 19.6. The molecular formula is C17H24N4O5. The smallest absolute Gasteiger partial charge is 0.299 e. The number of non-ortho nitro benzene ring substituents is 1. The Balaban J connectivity index is 2.13. The molecule has 1 saturated heterocycles. The lowest BCUT2D eigenvalue weighted by molar-refractivity contribution is -0.393. The van der Waals surface area contributed by atoms with Gasteiger partial charge >= 0.3 is 0 Å². The Kier molecular flexibility index (Phi) is 5.79. The minimum absolute atomic E-state index is 0.0315. The summed E-state index contributed by atoms with van der Waals surface area (Å²) in [6, 6.07) is 3.72. The highest BCUT2D eigenvalue weighted by Crippen LogP contribution is 2.34. The molecule has 2 rings (SSSR count). The van der Waals surface area contributed by atoms with E-state index in [-0.39, 0.29) is 23.2 Å². The molecule has 9 nitrogen and oxygen atoms in total. The standard InChI is InChI=1S/C17H24N4O5/c1-17(2,3)16(22)18-10-12-5-4-8-19(11-12)14-7-6-13(20(23)24)9-15(14)21(25)26/h6-7,9,12H,4-5,8,10-11H2,1-3H3,(H,18,22). The largest absolute Gasteiger partial charge is 0.366 e. The van der Waals surface area contributed by atoms with Gasteiger partial charge in [-0.05, 0) is 24.8 Å². The quantitative estimate of drug-likeness (QED) is 0.634. The van der Waals surface area contributed by atoms with Crippen LogP contribution in [0.2, 0.25) is 0 Å². The van der Waals surface area contributed by atoms with Crippen LogP contribution in [0.25, 0.3) is 0 Å².